The lowest BCUT2D eigenvalue weighted by molar-refractivity contribution is 1.37. The van der Waals surface area contributed by atoms with Gasteiger partial charge in [0.25, 0.3) is 0 Å². The highest BCUT2D eigenvalue weighted by Crippen LogP contribution is 2.31. The Hall–Kier alpha value is -1.19. The molecule has 0 aromatic heterocycles. The second-order valence-electron chi connectivity index (χ2n) is 4.23. The normalized spacial score (nSPS) is 10.4. The number of rotatable bonds is 2. The SMILES string of the molecule is Cc1cc(N)c(Cl)cc1Nc1cccc(Br)c1C. The fraction of sp³-hybridized carbons (Fsp3) is 0.143. The van der Waals surface area contributed by atoms with E-state index >= 15 is 0 Å². The smallest absolute Gasteiger partial charge is 0.0656 e. The predicted octanol–water partition coefficient (Wildman–Crippen LogP) is 5.05. The van der Waals surface area contributed by atoms with E-state index in [4.69, 9.17) is 17.3 Å². The van der Waals surface area contributed by atoms with Gasteiger partial charge in [0.1, 0.15) is 0 Å². The minimum atomic E-state index is 0.566. The second kappa shape index (κ2) is 5.21. The molecule has 2 aromatic rings. The molecule has 4 heteroatoms. The van der Waals surface area contributed by atoms with Gasteiger partial charge < -0.3 is 11.1 Å². The summed E-state index contributed by atoms with van der Waals surface area (Å²) in [5.74, 6) is 0. The molecule has 18 heavy (non-hydrogen) atoms. The van der Waals surface area contributed by atoms with E-state index in [0.717, 1.165) is 27.0 Å². The van der Waals surface area contributed by atoms with E-state index in [1.807, 2.05) is 37.3 Å². The fourth-order valence-electron chi connectivity index (χ4n) is 1.73. The summed E-state index contributed by atoms with van der Waals surface area (Å²) < 4.78 is 1.08. The number of nitrogens with two attached hydrogens (primary N) is 1. The van der Waals surface area contributed by atoms with Crippen molar-refractivity contribution in [2.75, 3.05) is 11.1 Å². The Morgan fingerprint density at radius 1 is 1.17 bits per heavy atom. The lowest BCUT2D eigenvalue weighted by Gasteiger charge is -2.14. The molecule has 0 aliphatic carbocycles. The number of nitrogens with one attached hydrogen (secondary N) is 1. The van der Waals surface area contributed by atoms with E-state index < -0.39 is 0 Å². The van der Waals surface area contributed by atoms with Crippen LogP contribution in [0.2, 0.25) is 5.02 Å². The molecule has 0 bridgehead atoms. The van der Waals surface area contributed by atoms with Crippen LogP contribution in [0.15, 0.2) is 34.8 Å². The van der Waals surface area contributed by atoms with Crippen molar-refractivity contribution >= 4 is 44.6 Å². The summed E-state index contributed by atoms with van der Waals surface area (Å²) >= 11 is 9.57. The van der Waals surface area contributed by atoms with Crippen LogP contribution in [0.3, 0.4) is 0 Å². The van der Waals surface area contributed by atoms with Crippen molar-refractivity contribution in [2.45, 2.75) is 13.8 Å². The molecule has 2 aromatic carbocycles. The molecule has 0 unspecified atom stereocenters. The number of nitrogen functional groups attached to an aromatic ring is 1. The quantitative estimate of drug-likeness (QED) is 0.759. The van der Waals surface area contributed by atoms with Gasteiger partial charge in [-0.3, -0.25) is 0 Å². The first kappa shape index (κ1) is 13.2. The number of halogens is 2. The van der Waals surface area contributed by atoms with Crippen molar-refractivity contribution in [3.63, 3.8) is 0 Å². The van der Waals surface area contributed by atoms with E-state index in [2.05, 4.69) is 28.2 Å². The molecule has 3 N–H and O–H groups in total. The van der Waals surface area contributed by atoms with Crippen LogP contribution >= 0.6 is 27.5 Å². The molecular formula is C14H14BrClN2. The van der Waals surface area contributed by atoms with Crippen LogP contribution in [0.25, 0.3) is 0 Å². The van der Waals surface area contributed by atoms with Gasteiger partial charge in [-0.1, -0.05) is 33.6 Å². The fourth-order valence-corrected chi connectivity index (χ4v) is 2.26. The van der Waals surface area contributed by atoms with E-state index in [1.54, 1.807) is 0 Å². The Morgan fingerprint density at radius 3 is 2.61 bits per heavy atom. The molecule has 2 nitrogen and oxygen atoms in total. The minimum absolute atomic E-state index is 0.566. The Morgan fingerprint density at radius 2 is 1.89 bits per heavy atom. The third-order valence-electron chi connectivity index (χ3n) is 2.88. The van der Waals surface area contributed by atoms with Gasteiger partial charge in [-0.25, -0.2) is 0 Å². The number of benzene rings is 2. The van der Waals surface area contributed by atoms with E-state index in [1.165, 1.54) is 0 Å². The van der Waals surface area contributed by atoms with Crippen molar-refractivity contribution in [1.29, 1.82) is 0 Å². The molecular weight excluding hydrogens is 312 g/mol. The lowest BCUT2D eigenvalue weighted by atomic mass is 10.1. The Labute approximate surface area is 120 Å². The summed E-state index contributed by atoms with van der Waals surface area (Å²) in [6, 6.07) is 9.77. The second-order valence-corrected chi connectivity index (χ2v) is 5.49. The molecule has 0 saturated heterocycles. The summed E-state index contributed by atoms with van der Waals surface area (Å²) in [5.41, 5.74) is 10.6. The molecule has 0 radical (unpaired) electrons. The summed E-state index contributed by atoms with van der Waals surface area (Å²) in [4.78, 5) is 0. The molecule has 2 rings (SSSR count). The Bertz CT molecular complexity index is 597. The number of hydrogen-bond donors (Lipinski definition) is 2. The third kappa shape index (κ3) is 2.62. The molecule has 0 aliphatic rings. The zero-order valence-corrected chi connectivity index (χ0v) is 12.6. The largest absolute Gasteiger partial charge is 0.398 e. The van der Waals surface area contributed by atoms with Gasteiger partial charge in [0.2, 0.25) is 0 Å². The Balaban J connectivity index is 2.40. The average Bonchev–Trinajstić information content (AvgIpc) is 2.32. The maximum atomic E-state index is 6.05. The molecule has 0 spiro atoms. The van der Waals surface area contributed by atoms with Gasteiger partial charge in [0.05, 0.1) is 10.7 Å². The summed E-state index contributed by atoms with van der Waals surface area (Å²) in [6.07, 6.45) is 0. The number of aryl methyl sites for hydroxylation is 1. The number of anilines is 3. The molecule has 0 amide bonds. The van der Waals surface area contributed by atoms with Crippen LogP contribution in [-0.4, -0.2) is 0 Å². The molecule has 0 atom stereocenters. The third-order valence-corrected chi connectivity index (χ3v) is 4.07. The highest BCUT2D eigenvalue weighted by atomic mass is 79.9. The van der Waals surface area contributed by atoms with Crippen LogP contribution in [0.4, 0.5) is 17.1 Å². The van der Waals surface area contributed by atoms with Gasteiger partial charge in [-0.15, -0.1) is 0 Å². The van der Waals surface area contributed by atoms with Crippen LogP contribution in [0.5, 0.6) is 0 Å². The monoisotopic (exact) mass is 324 g/mol. The molecule has 0 aliphatic heterocycles. The highest BCUT2D eigenvalue weighted by molar-refractivity contribution is 9.10. The van der Waals surface area contributed by atoms with Crippen molar-refractivity contribution < 1.29 is 0 Å². The average molecular weight is 326 g/mol. The maximum absolute atomic E-state index is 6.05. The van der Waals surface area contributed by atoms with E-state index in [0.29, 0.717) is 10.7 Å². The van der Waals surface area contributed by atoms with Gasteiger partial charge in [0, 0.05) is 15.8 Å². The van der Waals surface area contributed by atoms with Crippen LogP contribution < -0.4 is 11.1 Å². The topological polar surface area (TPSA) is 38.0 Å². The standard InChI is InChI=1S/C14H14BrClN2/c1-8-6-12(17)11(16)7-14(8)18-13-5-3-4-10(15)9(13)2/h3-7,18H,17H2,1-2H3. The highest BCUT2D eigenvalue weighted by Gasteiger charge is 2.06. The zero-order valence-electron chi connectivity index (χ0n) is 10.2. The van der Waals surface area contributed by atoms with Crippen LogP contribution in [0, 0.1) is 13.8 Å². The molecule has 0 heterocycles. The van der Waals surface area contributed by atoms with Gasteiger partial charge in [0.15, 0.2) is 0 Å². The molecule has 94 valence electrons. The minimum Gasteiger partial charge on any atom is -0.398 e. The lowest BCUT2D eigenvalue weighted by Crippen LogP contribution is -1.97. The first-order valence-electron chi connectivity index (χ1n) is 5.57. The maximum Gasteiger partial charge on any atom is 0.0656 e. The molecule has 0 saturated carbocycles. The summed E-state index contributed by atoms with van der Waals surface area (Å²) in [7, 11) is 0. The van der Waals surface area contributed by atoms with Crippen LogP contribution in [0.1, 0.15) is 11.1 Å². The van der Waals surface area contributed by atoms with Crippen molar-refractivity contribution in [2.24, 2.45) is 0 Å². The zero-order chi connectivity index (χ0) is 13.3. The predicted molar refractivity (Wildman–Crippen MR) is 82.8 cm³/mol. The first-order valence-corrected chi connectivity index (χ1v) is 6.74. The van der Waals surface area contributed by atoms with Crippen molar-refractivity contribution in [1.82, 2.24) is 0 Å². The van der Waals surface area contributed by atoms with Gasteiger partial charge >= 0.3 is 0 Å². The number of hydrogen-bond acceptors (Lipinski definition) is 2. The first-order chi connectivity index (χ1) is 8.49. The van der Waals surface area contributed by atoms with Crippen LogP contribution in [-0.2, 0) is 0 Å². The summed E-state index contributed by atoms with van der Waals surface area (Å²) in [5, 5.41) is 3.94. The van der Waals surface area contributed by atoms with Gasteiger partial charge in [-0.05, 0) is 49.2 Å². The van der Waals surface area contributed by atoms with E-state index in [9.17, 15) is 0 Å². The van der Waals surface area contributed by atoms with Gasteiger partial charge in [-0.2, -0.15) is 0 Å². The molecule has 0 fully saturated rings. The van der Waals surface area contributed by atoms with E-state index in [-0.39, 0.29) is 0 Å². The van der Waals surface area contributed by atoms with Crippen molar-refractivity contribution in [3.8, 4) is 0 Å². The summed E-state index contributed by atoms with van der Waals surface area (Å²) in [6.45, 7) is 4.06. The Kier molecular flexibility index (Phi) is 3.83. The van der Waals surface area contributed by atoms with Crippen molar-refractivity contribution in [3.05, 3.63) is 51.0 Å².